The van der Waals surface area contributed by atoms with Gasteiger partial charge in [-0.3, -0.25) is 0 Å². The Labute approximate surface area is 249 Å². The summed E-state index contributed by atoms with van der Waals surface area (Å²) < 4.78 is 0. The molecule has 0 aromatic heterocycles. The number of hydrogen-bond donors (Lipinski definition) is 0. The van der Waals surface area contributed by atoms with Gasteiger partial charge >= 0.3 is 0 Å². The molecule has 0 aliphatic heterocycles. The Kier molecular flexibility index (Phi) is 4.38. The Morgan fingerprint density at radius 3 is 1.43 bits per heavy atom. The number of rotatable bonds is 0. The summed E-state index contributed by atoms with van der Waals surface area (Å²) in [4.78, 5) is 0. The van der Waals surface area contributed by atoms with Crippen molar-refractivity contribution < 1.29 is 0 Å². The van der Waals surface area contributed by atoms with Gasteiger partial charge in [0.25, 0.3) is 0 Å². The van der Waals surface area contributed by atoms with Gasteiger partial charge in [0.15, 0.2) is 0 Å². The SMILES string of the molecule is CC1(C)CC2(CC3C1C1(C)C=CC3(C)C1(C)C)CC1(C)C3C(C2(C)C1(C)C)C1(C)C(C)(C)C(C)(C)C3(C)C1(C)C. The number of hydrogen-bond acceptors (Lipinski definition) is 0. The van der Waals surface area contributed by atoms with E-state index in [2.05, 4.69) is 137 Å². The highest BCUT2D eigenvalue weighted by atomic mass is 15.0. The lowest BCUT2D eigenvalue weighted by molar-refractivity contribution is -0.216. The highest BCUT2D eigenvalue weighted by Crippen LogP contribution is 3.01. The summed E-state index contributed by atoms with van der Waals surface area (Å²) in [5, 5.41) is 0. The molecule has 0 aromatic rings. The maximum Gasteiger partial charge on any atom is -0.00506 e. The van der Waals surface area contributed by atoms with Crippen molar-refractivity contribution >= 4 is 0 Å². The average molecular weight is 547 g/mol. The van der Waals surface area contributed by atoms with Gasteiger partial charge in [-0.25, -0.2) is 0 Å². The molecule has 40 heavy (non-hydrogen) atoms. The molecule has 0 saturated heterocycles. The van der Waals surface area contributed by atoms with Gasteiger partial charge in [-0.1, -0.05) is 137 Å². The van der Waals surface area contributed by atoms with Gasteiger partial charge in [0, 0.05) is 0 Å². The third-order valence-corrected chi connectivity index (χ3v) is 21.7. The number of allylic oxidation sites excluding steroid dienone is 2. The molecule has 7 aliphatic rings. The third kappa shape index (κ3) is 1.90. The van der Waals surface area contributed by atoms with Gasteiger partial charge in [-0.05, 0) is 113 Å². The molecule has 6 saturated carbocycles. The summed E-state index contributed by atoms with van der Waals surface area (Å²) in [6, 6.07) is 0. The zero-order valence-electron chi connectivity index (χ0n) is 30.1. The lowest BCUT2D eigenvalue weighted by Gasteiger charge is -2.69. The molecule has 11 atom stereocenters. The van der Waals surface area contributed by atoms with E-state index in [1.165, 1.54) is 19.3 Å². The fourth-order valence-corrected chi connectivity index (χ4v) is 18.0. The van der Waals surface area contributed by atoms with Crippen molar-refractivity contribution in [2.45, 2.75) is 144 Å². The first kappa shape index (κ1) is 28.5. The van der Waals surface area contributed by atoms with E-state index in [4.69, 9.17) is 0 Å². The van der Waals surface area contributed by atoms with Gasteiger partial charge in [-0.15, -0.1) is 0 Å². The summed E-state index contributed by atoms with van der Waals surface area (Å²) in [7, 11) is 0. The second-order valence-corrected chi connectivity index (χ2v) is 21.9. The van der Waals surface area contributed by atoms with Crippen LogP contribution in [0.5, 0.6) is 0 Å². The maximum absolute atomic E-state index is 2.89. The molecule has 1 spiro atoms. The van der Waals surface area contributed by atoms with E-state index in [0.717, 1.165) is 23.7 Å². The molecule has 0 nitrogen and oxygen atoms in total. The Hall–Kier alpha value is -0.260. The monoisotopic (exact) mass is 547 g/mol. The summed E-state index contributed by atoms with van der Waals surface area (Å²) in [5.74, 6) is 3.13. The van der Waals surface area contributed by atoms with Crippen LogP contribution in [0, 0.1) is 94.1 Å². The second kappa shape index (κ2) is 6.15. The summed E-state index contributed by atoms with van der Waals surface area (Å²) in [5.41, 5.74) is 4.17. The normalized spacial score (nSPS) is 62.8. The molecule has 0 radical (unpaired) electrons. The quantitative estimate of drug-likeness (QED) is 0.209. The van der Waals surface area contributed by atoms with Crippen LogP contribution in [0.1, 0.15) is 144 Å². The van der Waals surface area contributed by atoms with Crippen LogP contribution in [0.2, 0.25) is 0 Å². The van der Waals surface area contributed by atoms with E-state index in [-0.39, 0.29) is 5.41 Å². The highest BCUT2D eigenvalue weighted by molar-refractivity contribution is 5.44. The minimum atomic E-state index is 0.282. The Morgan fingerprint density at radius 1 is 0.425 bits per heavy atom. The van der Waals surface area contributed by atoms with E-state index in [9.17, 15) is 0 Å². The molecule has 6 bridgehead atoms. The van der Waals surface area contributed by atoms with Gasteiger partial charge in [0.05, 0.1) is 0 Å². The molecule has 7 aliphatic carbocycles. The fourth-order valence-electron chi connectivity index (χ4n) is 18.0. The van der Waals surface area contributed by atoms with Crippen molar-refractivity contribution in [3.05, 3.63) is 12.2 Å². The molecular formula is C40H66. The predicted octanol–water partition coefficient (Wildman–Crippen LogP) is 11.5. The summed E-state index contributed by atoms with van der Waals surface area (Å²) in [6.07, 6.45) is 9.72. The van der Waals surface area contributed by atoms with Crippen molar-refractivity contribution in [3.8, 4) is 0 Å². The smallest absolute Gasteiger partial charge is 0.00506 e. The molecular weight excluding hydrogens is 480 g/mol. The van der Waals surface area contributed by atoms with Crippen molar-refractivity contribution in [1.29, 1.82) is 0 Å². The molecule has 7 rings (SSSR count). The molecule has 0 N–H and O–H groups in total. The number of fused-ring (bicyclic) bond motifs is 15. The van der Waals surface area contributed by atoms with Crippen LogP contribution < -0.4 is 0 Å². The van der Waals surface area contributed by atoms with E-state index in [1.807, 2.05) is 0 Å². The fraction of sp³-hybridized carbons (Fsp3) is 0.950. The van der Waals surface area contributed by atoms with Crippen molar-refractivity contribution in [3.63, 3.8) is 0 Å². The lowest BCUT2D eigenvalue weighted by atomic mass is 9.35. The zero-order chi connectivity index (χ0) is 30.3. The van der Waals surface area contributed by atoms with Crippen LogP contribution in [-0.2, 0) is 0 Å². The zero-order valence-corrected chi connectivity index (χ0v) is 30.1. The largest absolute Gasteiger partial charge is 0.0811 e. The van der Waals surface area contributed by atoms with Crippen LogP contribution in [-0.4, -0.2) is 0 Å². The molecule has 0 heterocycles. The van der Waals surface area contributed by atoms with Crippen LogP contribution in [0.25, 0.3) is 0 Å². The third-order valence-electron chi connectivity index (χ3n) is 21.7. The predicted molar refractivity (Wildman–Crippen MR) is 171 cm³/mol. The molecule has 0 heteroatoms. The van der Waals surface area contributed by atoms with Crippen LogP contribution >= 0.6 is 0 Å². The first-order chi connectivity index (χ1) is 17.6. The second-order valence-electron chi connectivity index (χ2n) is 21.9. The van der Waals surface area contributed by atoms with Gasteiger partial charge in [-0.2, -0.15) is 0 Å². The van der Waals surface area contributed by atoms with Crippen LogP contribution in [0.4, 0.5) is 0 Å². The van der Waals surface area contributed by atoms with Crippen molar-refractivity contribution in [1.82, 2.24) is 0 Å². The molecule has 6 fully saturated rings. The summed E-state index contributed by atoms with van der Waals surface area (Å²) >= 11 is 0. The molecule has 0 aromatic carbocycles. The van der Waals surface area contributed by atoms with Crippen LogP contribution in [0.15, 0.2) is 12.2 Å². The van der Waals surface area contributed by atoms with Gasteiger partial charge in [0.2, 0.25) is 0 Å². The minimum absolute atomic E-state index is 0.282. The Bertz CT molecular complexity index is 1270. The van der Waals surface area contributed by atoms with E-state index < -0.39 is 0 Å². The lowest BCUT2D eigenvalue weighted by Crippen LogP contribution is -2.64. The van der Waals surface area contributed by atoms with Crippen molar-refractivity contribution in [2.24, 2.45) is 94.1 Å². The van der Waals surface area contributed by atoms with E-state index >= 15 is 0 Å². The van der Waals surface area contributed by atoms with Crippen LogP contribution in [0.3, 0.4) is 0 Å². The van der Waals surface area contributed by atoms with Crippen molar-refractivity contribution in [2.75, 3.05) is 0 Å². The average Bonchev–Trinajstić information content (AvgIpc) is 3.25. The molecule has 0 amide bonds. The first-order valence-electron chi connectivity index (χ1n) is 17.3. The standard InChI is InChI=1S/C40H66/c1-28(2)22-40(21-24-25(28)35(14)20-19-34(24,13)31(35,7)8)23-36(15)26-27(39(40,18)32(36,9)10)38(17)30(5,6)29(3,4)37(26,16)33(38,11)12/h19-20,24-27H,21-23H2,1-18H3. The summed E-state index contributed by atoms with van der Waals surface area (Å²) in [6.45, 7) is 49.1. The molecule has 226 valence electrons. The topological polar surface area (TPSA) is 0 Å². The van der Waals surface area contributed by atoms with E-state index in [1.54, 1.807) is 0 Å². The Balaban J connectivity index is 1.49. The Morgan fingerprint density at radius 2 is 0.900 bits per heavy atom. The van der Waals surface area contributed by atoms with Gasteiger partial charge in [0.1, 0.15) is 0 Å². The highest BCUT2D eigenvalue weighted by Gasteiger charge is 2.96. The molecule has 11 unspecified atom stereocenters. The minimum Gasteiger partial charge on any atom is -0.0811 e. The van der Waals surface area contributed by atoms with Gasteiger partial charge < -0.3 is 0 Å². The van der Waals surface area contributed by atoms with E-state index in [0.29, 0.717) is 65.0 Å². The maximum atomic E-state index is 2.89. The first-order valence-corrected chi connectivity index (χ1v) is 17.3.